The maximum Gasteiger partial charge on any atom is 0.407 e. The molecular weight excluding hydrogens is 348 g/mol. The van der Waals surface area contributed by atoms with Crippen LogP contribution in [0.15, 0.2) is 18.2 Å². The summed E-state index contributed by atoms with van der Waals surface area (Å²) in [6.45, 7) is 6.17. The molecule has 0 spiro atoms. The fourth-order valence-corrected chi connectivity index (χ4v) is 2.02. The largest absolute Gasteiger partial charge is 0.487 e. The Labute approximate surface area is 153 Å². The zero-order valence-corrected chi connectivity index (χ0v) is 15.7. The second kappa shape index (κ2) is 10.1. The van der Waals surface area contributed by atoms with Crippen LogP contribution in [-0.2, 0) is 14.3 Å². The lowest BCUT2D eigenvalue weighted by Gasteiger charge is -2.19. The Balaban J connectivity index is 2.51. The Morgan fingerprint density at radius 2 is 1.92 bits per heavy atom. The van der Waals surface area contributed by atoms with Crippen LogP contribution in [0.5, 0.6) is 5.75 Å². The first-order valence-corrected chi connectivity index (χ1v) is 8.27. The maximum absolute atomic E-state index is 12.0. The van der Waals surface area contributed by atoms with Crippen LogP contribution in [0, 0.1) is 0 Å². The molecule has 0 fully saturated rings. The Hall–Kier alpha value is -1.99. The van der Waals surface area contributed by atoms with Crippen LogP contribution in [0.25, 0.3) is 0 Å². The molecule has 0 aliphatic rings. The van der Waals surface area contributed by atoms with Gasteiger partial charge in [-0.3, -0.25) is 4.79 Å². The summed E-state index contributed by atoms with van der Waals surface area (Å²) in [4.78, 5) is 23.6. The number of carbonyl (C=O) groups excluding carboxylic acids is 2. The summed E-state index contributed by atoms with van der Waals surface area (Å²) in [5, 5.41) is 5.64. The highest BCUT2D eigenvalue weighted by Gasteiger charge is 2.16. The van der Waals surface area contributed by atoms with E-state index in [4.69, 9.17) is 25.8 Å². The Morgan fingerprint density at radius 3 is 2.56 bits per heavy atom. The molecule has 8 heteroatoms. The van der Waals surface area contributed by atoms with Gasteiger partial charge in [0, 0.05) is 20.1 Å². The summed E-state index contributed by atoms with van der Waals surface area (Å²) in [6.07, 6.45) is -0.477. The molecular formula is C17H25ClN2O5. The van der Waals surface area contributed by atoms with Crippen molar-refractivity contribution >= 4 is 29.3 Å². The lowest BCUT2D eigenvalue weighted by Crippen LogP contribution is -2.34. The second-order valence-corrected chi connectivity index (χ2v) is 6.59. The topological polar surface area (TPSA) is 85.9 Å². The number of anilines is 1. The highest BCUT2D eigenvalue weighted by molar-refractivity contribution is 6.32. The number of halogens is 1. The van der Waals surface area contributed by atoms with Gasteiger partial charge in [0.1, 0.15) is 12.2 Å². The molecule has 1 aromatic rings. The molecule has 0 heterocycles. The van der Waals surface area contributed by atoms with Gasteiger partial charge in [-0.25, -0.2) is 4.79 Å². The van der Waals surface area contributed by atoms with Crippen LogP contribution < -0.4 is 15.4 Å². The van der Waals surface area contributed by atoms with Crippen LogP contribution in [0.1, 0.15) is 27.2 Å². The van der Waals surface area contributed by atoms with Gasteiger partial charge in [0.2, 0.25) is 5.91 Å². The smallest absolute Gasteiger partial charge is 0.407 e. The number of benzene rings is 1. The fraction of sp³-hybridized carbons (Fsp3) is 0.529. The molecule has 1 aromatic carbocycles. The van der Waals surface area contributed by atoms with Crippen molar-refractivity contribution in [3.8, 4) is 5.75 Å². The minimum absolute atomic E-state index is 0.0866. The van der Waals surface area contributed by atoms with Gasteiger partial charge in [0.15, 0.2) is 5.75 Å². The van der Waals surface area contributed by atoms with Crippen LogP contribution in [0.4, 0.5) is 10.5 Å². The first-order valence-electron chi connectivity index (χ1n) is 7.90. The Kier molecular flexibility index (Phi) is 8.51. The van der Waals surface area contributed by atoms with Gasteiger partial charge >= 0.3 is 6.09 Å². The van der Waals surface area contributed by atoms with E-state index in [9.17, 15) is 9.59 Å². The van der Waals surface area contributed by atoms with E-state index in [0.717, 1.165) is 0 Å². The SMILES string of the molecule is COCCOc1c(Cl)cccc1NC(=O)CCNC(=O)OC(C)(C)C. The average molecular weight is 373 g/mol. The molecule has 0 atom stereocenters. The number of nitrogens with one attached hydrogen (secondary N) is 2. The number of rotatable bonds is 8. The molecule has 2 amide bonds. The van der Waals surface area contributed by atoms with Gasteiger partial charge in [-0.15, -0.1) is 0 Å². The molecule has 140 valence electrons. The third-order valence-corrected chi connectivity index (χ3v) is 3.09. The maximum atomic E-state index is 12.0. The van der Waals surface area contributed by atoms with Gasteiger partial charge in [0.05, 0.1) is 17.3 Å². The molecule has 1 rings (SSSR count). The number of ether oxygens (including phenoxy) is 3. The van der Waals surface area contributed by atoms with E-state index in [1.54, 1.807) is 46.1 Å². The van der Waals surface area contributed by atoms with Crippen molar-refractivity contribution in [3.63, 3.8) is 0 Å². The van der Waals surface area contributed by atoms with Crippen molar-refractivity contribution in [1.29, 1.82) is 0 Å². The summed E-state index contributed by atoms with van der Waals surface area (Å²) in [5.74, 6) is 0.101. The van der Waals surface area contributed by atoms with Crippen molar-refractivity contribution in [3.05, 3.63) is 23.2 Å². The minimum Gasteiger partial charge on any atom is -0.487 e. The predicted molar refractivity (Wildman–Crippen MR) is 96.3 cm³/mol. The van der Waals surface area contributed by atoms with Crippen molar-refractivity contribution < 1.29 is 23.8 Å². The van der Waals surface area contributed by atoms with Crippen LogP contribution in [0.2, 0.25) is 5.02 Å². The van der Waals surface area contributed by atoms with E-state index in [-0.39, 0.29) is 18.9 Å². The molecule has 0 radical (unpaired) electrons. The lowest BCUT2D eigenvalue weighted by atomic mass is 10.2. The van der Waals surface area contributed by atoms with Gasteiger partial charge in [-0.1, -0.05) is 17.7 Å². The minimum atomic E-state index is -0.582. The predicted octanol–water partition coefficient (Wildman–Crippen LogP) is 3.22. The number of methoxy groups -OCH3 is 1. The molecule has 0 unspecified atom stereocenters. The lowest BCUT2D eigenvalue weighted by molar-refractivity contribution is -0.116. The first kappa shape index (κ1) is 21.1. The highest BCUT2D eigenvalue weighted by atomic mass is 35.5. The zero-order valence-electron chi connectivity index (χ0n) is 15.0. The fourth-order valence-electron chi connectivity index (χ4n) is 1.79. The number of hydrogen-bond acceptors (Lipinski definition) is 5. The molecule has 0 saturated heterocycles. The summed E-state index contributed by atoms with van der Waals surface area (Å²) >= 11 is 6.11. The van der Waals surface area contributed by atoms with Crippen molar-refractivity contribution in [2.45, 2.75) is 32.8 Å². The number of para-hydroxylation sites is 1. The quantitative estimate of drug-likeness (QED) is 0.684. The van der Waals surface area contributed by atoms with Crippen molar-refractivity contribution in [2.24, 2.45) is 0 Å². The number of amides is 2. The highest BCUT2D eigenvalue weighted by Crippen LogP contribution is 2.32. The molecule has 2 N–H and O–H groups in total. The Bertz CT molecular complexity index is 587. The third-order valence-electron chi connectivity index (χ3n) is 2.80. The van der Waals surface area contributed by atoms with Crippen molar-refractivity contribution in [2.75, 3.05) is 32.2 Å². The number of alkyl carbamates (subject to hydrolysis) is 1. The molecule has 0 aliphatic heterocycles. The summed E-state index contributed by atoms with van der Waals surface area (Å²) in [6, 6.07) is 5.07. The molecule has 7 nitrogen and oxygen atoms in total. The number of carbonyl (C=O) groups is 2. The Morgan fingerprint density at radius 1 is 1.20 bits per heavy atom. The van der Waals surface area contributed by atoms with E-state index in [2.05, 4.69) is 10.6 Å². The summed E-state index contributed by atoms with van der Waals surface area (Å²) in [7, 11) is 1.57. The number of hydrogen-bond donors (Lipinski definition) is 2. The standard InChI is InChI=1S/C17H25ClN2O5/c1-17(2,3)25-16(22)19-9-8-14(21)20-13-7-5-6-12(18)15(13)24-11-10-23-4/h5-7H,8-11H2,1-4H3,(H,19,22)(H,20,21). The van der Waals surface area contributed by atoms with E-state index >= 15 is 0 Å². The van der Waals surface area contributed by atoms with E-state index < -0.39 is 11.7 Å². The summed E-state index contributed by atoms with van der Waals surface area (Å²) < 4.78 is 15.6. The van der Waals surface area contributed by atoms with Crippen LogP contribution in [0.3, 0.4) is 0 Å². The van der Waals surface area contributed by atoms with E-state index in [1.807, 2.05) is 0 Å². The van der Waals surface area contributed by atoms with Crippen molar-refractivity contribution in [1.82, 2.24) is 5.32 Å². The third kappa shape index (κ3) is 8.60. The first-order chi connectivity index (χ1) is 11.7. The monoisotopic (exact) mass is 372 g/mol. The molecule has 25 heavy (non-hydrogen) atoms. The zero-order chi connectivity index (χ0) is 18.9. The van der Waals surface area contributed by atoms with E-state index in [0.29, 0.717) is 29.7 Å². The van der Waals surface area contributed by atoms with Gasteiger partial charge in [-0.2, -0.15) is 0 Å². The van der Waals surface area contributed by atoms with Crippen LogP contribution >= 0.6 is 11.6 Å². The van der Waals surface area contributed by atoms with Gasteiger partial charge in [-0.05, 0) is 32.9 Å². The van der Waals surface area contributed by atoms with Gasteiger partial charge in [0.25, 0.3) is 0 Å². The molecule has 0 bridgehead atoms. The molecule has 0 aromatic heterocycles. The van der Waals surface area contributed by atoms with Crippen LogP contribution in [-0.4, -0.2) is 44.5 Å². The second-order valence-electron chi connectivity index (χ2n) is 6.18. The molecule has 0 saturated carbocycles. The summed E-state index contributed by atoms with van der Waals surface area (Å²) in [5.41, 5.74) is -0.118. The molecule has 0 aliphatic carbocycles. The normalized spacial score (nSPS) is 10.9. The van der Waals surface area contributed by atoms with E-state index in [1.165, 1.54) is 0 Å². The average Bonchev–Trinajstić information content (AvgIpc) is 2.48. The van der Waals surface area contributed by atoms with Gasteiger partial charge < -0.3 is 24.8 Å².